The maximum Gasteiger partial charge on any atom is 1.00 e. The van der Waals surface area contributed by atoms with Gasteiger partial charge in [0.05, 0.1) is 4.90 Å². The first kappa shape index (κ1) is 22.4. The van der Waals surface area contributed by atoms with Gasteiger partial charge in [-0.05, 0) is 19.9 Å². The Hall–Kier alpha value is 2.26. The predicted molar refractivity (Wildman–Crippen MR) is 41.7 cm³/mol. The van der Waals surface area contributed by atoms with E-state index in [1.165, 1.54) is 0 Å². The fraction of sp³-hybridized carbons (Fsp3) is 1.00. The first-order chi connectivity index (χ1) is 5.56. The molecular weight excluding hydrogens is 266 g/mol. The van der Waals surface area contributed by atoms with Crippen LogP contribution in [0.1, 0.15) is 13.3 Å². The van der Waals surface area contributed by atoms with Gasteiger partial charge in [-0.25, -0.2) is 0 Å². The van der Waals surface area contributed by atoms with Crippen molar-refractivity contribution in [3.05, 3.63) is 0 Å². The summed E-state index contributed by atoms with van der Waals surface area (Å²) in [6, 6.07) is 0. The molecule has 0 spiro atoms. The van der Waals surface area contributed by atoms with Crippen LogP contribution >= 0.6 is 15.2 Å². The normalized spacial score (nSPS) is 22.3. The topological polar surface area (TPSA) is 147 Å². The molecule has 2 atom stereocenters. The molecule has 0 bridgehead atoms. The SMILES string of the molecule is CC(CCN)(P(=O)([O-])O)P(=O)([O-])O.[Na+].[Na+]. The van der Waals surface area contributed by atoms with Crippen LogP contribution in [0.3, 0.4) is 0 Å². The van der Waals surface area contributed by atoms with Gasteiger partial charge in [0.2, 0.25) is 0 Å². The van der Waals surface area contributed by atoms with Crippen molar-refractivity contribution >= 4 is 15.2 Å². The van der Waals surface area contributed by atoms with Crippen LogP contribution in [0.25, 0.3) is 0 Å². The average molecular weight is 277 g/mol. The van der Waals surface area contributed by atoms with E-state index in [2.05, 4.69) is 0 Å². The van der Waals surface area contributed by atoms with Crippen LogP contribution in [0.2, 0.25) is 0 Å². The zero-order valence-electron chi connectivity index (χ0n) is 8.91. The summed E-state index contributed by atoms with van der Waals surface area (Å²) in [5.74, 6) is 0. The molecule has 0 fully saturated rings. The van der Waals surface area contributed by atoms with E-state index < -0.39 is 26.5 Å². The van der Waals surface area contributed by atoms with Crippen molar-refractivity contribution in [2.45, 2.75) is 18.2 Å². The van der Waals surface area contributed by atoms with Crippen molar-refractivity contribution in [1.82, 2.24) is 0 Å². The Morgan fingerprint density at radius 1 is 1.20 bits per heavy atom. The van der Waals surface area contributed by atoms with E-state index in [1.54, 1.807) is 0 Å². The number of rotatable bonds is 4. The molecule has 0 rings (SSSR count). The standard InChI is InChI=1S/C4H13NO6P2.2Na/c1-4(2-3-5,12(6,7)8)13(9,10)11;;/h2-3,5H2,1H3,(H2,6,7,8)(H2,9,10,11);;/q;2*+1/p-2. The summed E-state index contributed by atoms with van der Waals surface area (Å²) in [4.78, 5) is 36.0. The Morgan fingerprint density at radius 3 is 1.53 bits per heavy atom. The van der Waals surface area contributed by atoms with Gasteiger partial charge in [0.1, 0.15) is 15.2 Å². The summed E-state index contributed by atoms with van der Waals surface area (Å²) < 4.78 is 21.4. The molecule has 0 radical (unpaired) electrons. The molecule has 15 heavy (non-hydrogen) atoms. The molecule has 0 heterocycles. The van der Waals surface area contributed by atoms with Gasteiger partial charge in [0.25, 0.3) is 0 Å². The van der Waals surface area contributed by atoms with Gasteiger partial charge in [-0.2, -0.15) is 0 Å². The van der Waals surface area contributed by atoms with E-state index in [-0.39, 0.29) is 65.7 Å². The molecule has 0 aromatic carbocycles. The third-order valence-electron chi connectivity index (χ3n) is 1.84. The predicted octanol–water partition coefficient (Wildman–Crippen LogP) is -7.85. The molecule has 11 heteroatoms. The Labute approximate surface area is 132 Å². The van der Waals surface area contributed by atoms with Crippen molar-refractivity contribution in [3.8, 4) is 0 Å². The van der Waals surface area contributed by atoms with E-state index in [9.17, 15) is 18.9 Å². The van der Waals surface area contributed by atoms with Gasteiger partial charge in [-0.15, -0.1) is 0 Å². The summed E-state index contributed by atoms with van der Waals surface area (Å²) >= 11 is 0. The van der Waals surface area contributed by atoms with Crippen LogP contribution in [-0.2, 0) is 9.13 Å². The van der Waals surface area contributed by atoms with Gasteiger partial charge in [0, 0.05) is 0 Å². The number of hydrogen-bond donors (Lipinski definition) is 3. The fourth-order valence-corrected chi connectivity index (χ4v) is 2.82. The van der Waals surface area contributed by atoms with Crippen LogP contribution in [0.4, 0.5) is 0 Å². The molecule has 0 saturated carbocycles. The van der Waals surface area contributed by atoms with Crippen molar-refractivity contribution in [2.75, 3.05) is 6.54 Å². The fourth-order valence-electron chi connectivity index (χ4n) is 0.716. The molecule has 7 nitrogen and oxygen atoms in total. The van der Waals surface area contributed by atoms with Gasteiger partial charge in [-0.1, -0.05) is 0 Å². The molecule has 0 aliphatic carbocycles. The maximum absolute atomic E-state index is 10.7. The second kappa shape index (κ2) is 7.64. The van der Waals surface area contributed by atoms with Crippen molar-refractivity contribution in [2.24, 2.45) is 5.73 Å². The van der Waals surface area contributed by atoms with Crippen LogP contribution in [0, 0.1) is 0 Å². The number of hydrogen-bond acceptors (Lipinski definition) is 5. The Morgan fingerprint density at radius 2 is 1.47 bits per heavy atom. The second-order valence-electron chi connectivity index (χ2n) is 2.80. The van der Waals surface area contributed by atoms with Gasteiger partial charge in [0.15, 0.2) is 0 Å². The average Bonchev–Trinajstić information content (AvgIpc) is 1.82. The molecule has 0 aromatic rings. The Kier molecular flexibility index (Phi) is 11.4. The number of nitrogens with two attached hydrogens (primary N) is 1. The van der Waals surface area contributed by atoms with Gasteiger partial charge >= 0.3 is 59.1 Å². The molecule has 0 aliphatic rings. The van der Waals surface area contributed by atoms with Crippen molar-refractivity contribution in [1.29, 1.82) is 0 Å². The minimum absolute atomic E-state index is 0. The molecule has 0 amide bonds. The van der Waals surface area contributed by atoms with E-state index >= 15 is 0 Å². The third-order valence-corrected chi connectivity index (χ3v) is 6.23. The Balaban J connectivity index is -0.000000720. The van der Waals surface area contributed by atoms with E-state index in [0.29, 0.717) is 6.92 Å². The third kappa shape index (κ3) is 5.62. The van der Waals surface area contributed by atoms with Gasteiger partial charge < -0.3 is 34.4 Å². The van der Waals surface area contributed by atoms with Crippen LogP contribution in [0.15, 0.2) is 0 Å². The van der Waals surface area contributed by atoms with Crippen LogP contribution < -0.4 is 74.6 Å². The summed E-state index contributed by atoms with van der Waals surface area (Å²) in [5, 5.41) is 0. The van der Waals surface area contributed by atoms with Crippen LogP contribution in [0.5, 0.6) is 0 Å². The van der Waals surface area contributed by atoms with E-state index in [1.807, 2.05) is 0 Å². The summed E-state index contributed by atoms with van der Waals surface area (Å²) in [6.45, 7) is 0.428. The molecule has 0 aliphatic heterocycles. The molecule has 0 saturated heterocycles. The largest absolute Gasteiger partial charge is 1.00 e. The summed E-state index contributed by atoms with van der Waals surface area (Å²) in [5.41, 5.74) is 4.97. The van der Waals surface area contributed by atoms with E-state index in [0.717, 1.165) is 0 Å². The van der Waals surface area contributed by atoms with Crippen molar-refractivity contribution < 1.29 is 87.8 Å². The minimum atomic E-state index is -5.18. The smallest absolute Gasteiger partial charge is 0.778 e. The van der Waals surface area contributed by atoms with E-state index in [4.69, 9.17) is 15.5 Å². The van der Waals surface area contributed by atoms with Crippen molar-refractivity contribution in [3.63, 3.8) is 0 Å². The maximum atomic E-state index is 10.7. The zero-order chi connectivity index (χ0) is 10.9. The molecule has 2 unspecified atom stereocenters. The molecule has 4 N–H and O–H groups in total. The molecule has 80 valence electrons. The first-order valence-corrected chi connectivity index (χ1v) is 6.49. The van der Waals surface area contributed by atoms with Crippen LogP contribution in [-0.4, -0.2) is 21.2 Å². The van der Waals surface area contributed by atoms with Gasteiger partial charge in [-0.3, -0.25) is 0 Å². The zero-order valence-corrected chi connectivity index (χ0v) is 14.7. The first-order valence-electron chi connectivity index (χ1n) is 3.34. The Bertz CT molecular complexity index is 252. The molecule has 0 aromatic heterocycles. The quantitative estimate of drug-likeness (QED) is 0.341. The molecular formula is C4H11NNa2O6P2. The monoisotopic (exact) mass is 277 g/mol. The summed E-state index contributed by atoms with van der Waals surface area (Å²) in [7, 11) is -10.4. The summed E-state index contributed by atoms with van der Waals surface area (Å²) in [6.07, 6.45) is -0.554. The minimum Gasteiger partial charge on any atom is -0.778 e. The second-order valence-corrected chi connectivity index (χ2v) is 7.21.